The number of carbonyl (C=O) groups excluding carboxylic acids is 1. The van der Waals surface area contributed by atoms with Crippen molar-refractivity contribution in [1.82, 2.24) is 5.32 Å². The number of unbranched alkanes of at least 4 members (excludes halogenated alkanes) is 9. The fourth-order valence-corrected chi connectivity index (χ4v) is 3.98. The van der Waals surface area contributed by atoms with Gasteiger partial charge in [0.2, 0.25) is 5.91 Å². The van der Waals surface area contributed by atoms with E-state index in [0.29, 0.717) is 6.42 Å². The molecule has 2 unspecified atom stereocenters. The van der Waals surface area contributed by atoms with Crippen molar-refractivity contribution in [2.45, 2.75) is 135 Å². The molecule has 0 bridgehead atoms. The van der Waals surface area contributed by atoms with Crippen LogP contribution in [0.2, 0.25) is 0 Å². The van der Waals surface area contributed by atoms with Crippen LogP contribution in [0.4, 0.5) is 0 Å². The summed E-state index contributed by atoms with van der Waals surface area (Å²) in [5, 5.41) is 22.7. The number of allylic oxidation sites excluding steroid dienone is 11. The van der Waals surface area contributed by atoms with Crippen molar-refractivity contribution in [3.8, 4) is 0 Å². The van der Waals surface area contributed by atoms with Crippen molar-refractivity contribution >= 4 is 5.91 Å². The first-order chi connectivity index (χ1) is 19.2. The minimum Gasteiger partial charge on any atom is -0.394 e. The Kier molecular flexibility index (Phi) is 28.7. The molecule has 0 aromatic carbocycles. The smallest absolute Gasteiger partial charge is 0.220 e. The molecule has 0 saturated heterocycles. The Hall–Kier alpha value is -2.17. The first-order valence-electron chi connectivity index (χ1n) is 15.7. The lowest BCUT2D eigenvalue weighted by Crippen LogP contribution is -2.45. The molecule has 0 spiro atoms. The molecular formula is C35H59NO3. The SMILES string of the molecule is CC/C=C\C/C=C\C/C=C\CCCCCC(=O)NC(CO)C(O)/C=C/CC/C=C/CC/C=C/CCCCCC. The number of rotatable bonds is 26. The van der Waals surface area contributed by atoms with Gasteiger partial charge in [-0.05, 0) is 77.0 Å². The predicted octanol–water partition coefficient (Wildman–Crippen LogP) is 8.83. The Morgan fingerprint density at radius 3 is 1.74 bits per heavy atom. The third kappa shape index (κ3) is 27.2. The molecular weight excluding hydrogens is 482 g/mol. The zero-order valence-corrected chi connectivity index (χ0v) is 25.1. The van der Waals surface area contributed by atoms with Gasteiger partial charge in [-0.1, -0.05) is 112 Å². The van der Waals surface area contributed by atoms with E-state index in [0.717, 1.165) is 70.6 Å². The number of nitrogens with one attached hydrogen (secondary N) is 1. The number of aliphatic hydroxyl groups is 2. The van der Waals surface area contributed by atoms with Gasteiger partial charge in [-0.3, -0.25) is 4.79 Å². The second-order valence-electron chi connectivity index (χ2n) is 10.1. The highest BCUT2D eigenvalue weighted by Crippen LogP contribution is 2.07. The number of carbonyl (C=O) groups is 1. The summed E-state index contributed by atoms with van der Waals surface area (Å²) in [5.74, 6) is -0.114. The molecule has 0 radical (unpaired) electrons. The van der Waals surface area contributed by atoms with Crippen molar-refractivity contribution < 1.29 is 15.0 Å². The van der Waals surface area contributed by atoms with Crippen LogP contribution in [0.25, 0.3) is 0 Å². The maximum Gasteiger partial charge on any atom is 0.220 e. The summed E-state index contributed by atoms with van der Waals surface area (Å²) < 4.78 is 0. The van der Waals surface area contributed by atoms with Gasteiger partial charge in [0, 0.05) is 6.42 Å². The average Bonchev–Trinajstić information content (AvgIpc) is 2.94. The molecule has 0 aliphatic heterocycles. The normalized spacial score (nSPS) is 14.3. The van der Waals surface area contributed by atoms with E-state index in [-0.39, 0.29) is 12.5 Å². The van der Waals surface area contributed by atoms with Gasteiger partial charge >= 0.3 is 0 Å². The van der Waals surface area contributed by atoms with Gasteiger partial charge in [0.1, 0.15) is 0 Å². The predicted molar refractivity (Wildman–Crippen MR) is 170 cm³/mol. The second kappa shape index (κ2) is 30.4. The summed E-state index contributed by atoms with van der Waals surface area (Å²) in [7, 11) is 0. The molecule has 0 aromatic heterocycles. The molecule has 3 N–H and O–H groups in total. The van der Waals surface area contributed by atoms with Crippen LogP contribution in [-0.2, 0) is 4.79 Å². The van der Waals surface area contributed by atoms with Crippen LogP contribution in [-0.4, -0.2) is 34.9 Å². The van der Waals surface area contributed by atoms with Crippen LogP contribution in [0.3, 0.4) is 0 Å². The van der Waals surface area contributed by atoms with Gasteiger partial charge < -0.3 is 15.5 Å². The molecule has 4 nitrogen and oxygen atoms in total. The fourth-order valence-electron chi connectivity index (χ4n) is 3.98. The van der Waals surface area contributed by atoms with E-state index in [9.17, 15) is 15.0 Å². The molecule has 2 atom stereocenters. The lowest BCUT2D eigenvalue weighted by molar-refractivity contribution is -0.123. The molecule has 222 valence electrons. The molecule has 0 aliphatic carbocycles. The molecule has 0 saturated carbocycles. The molecule has 39 heavy (non-hydrogen) atoms. The zero-order valence-electron chi connectivity index (χ0n) is 25.1. The van der Waals surface area contributed by atoms with E-state index >= 15 is 0 Å². The average molecular weight is 542 g/mol. The maximum atomic E-state index is 12.2. The van der Waals surface area contributed by atoms with Crippen LogP contribution in [0.15, 0.2) is 72.9 Å². The summed E-state index contributed by atoms with van der Waals surface area (Å²) in [5.41, 5.74) is 0. The monoisotopic (exact) mass is 541 g/mol. The van der Waals surface area contributed by atoms with Crippen LogP contribution in [0, 0.1) is 0 Å². The summed E-state index contributed by atoms with van der Waals surface area (Å²) in [4.78, 5) is 12.2. The summed E-state index contributed by atoms with van der Waals surface area (Å²) >= 11 is 0. The van der Waals surface area contributed by atoms with Gasteiger partial charge in [-0.2, -0.15) is 0 Å². The van der Waals surface area contributed by atoms with E-state index < -0.39 is 12.1 Å². The molecule has 0 aromatic rings. The third-order valence-electron chi connectivity index (χ3n) is 6.40. The lowest BCUT2D eigenvalue weighted by atomic mass is 10.1. The van der Waals surface area contributed by atoms with E-state index in [1.54, 1.807) is 6.08 Å². The van der Waals surface area contributed by atoms with Crippen LogP contribution in [0.5, 0.6) is 0 Å². The van der Waals surface area contributed by atoms with Gasteiger partial charge in [0.25, 0.3) is 0 Å². The highest BCUT2D eigenvalue weighted by Gasteiger charge is 2.17. The number of aliphatic hydroxyl groups excluding tert-OH is 2. The van der Waals surface area contributed by atoms with Gasteiger partial charge in [0.15, 0.2) is 0 Å². The third-order valence-corrected chi connectivity index (χ3v) is 6.40. The first kappa shape index (κ1) is 36.8. The minimum atomic E-state index is -0.882. The van der Waals surface area contributed by atoms with Crippen molar-refractivity contribution in [3.05, 3.63) is 72.9 Å². The van der Waals surface area contributed by atoms with Crippen molar-refractivity contribution in [1.29, 1.82) is 0 Å². The Bertz CT molecular complexity index is 717. The molecule has 0 rings (SSSR count). The van der Waals surface area contributed by atoms with E-state index in [2.05, 4.69) is 79.9 Å². The Morgan fingerprint density at radius 1 is 0.641 bits per heavy atom. The molecule has 0 aliphatic rings. The lowest BCUT2D eigenvalue weighted by Gasteiger charge is -2.19. The highest BCUT2D eigenvalue weighted by molar-refractivity contribution is 5.76. The minimum absolute atomic E-state index is 0.114. The van der Waals surface area contributed by atoms with Gasteiger partial charge in [0.05, 0.1) is 18.8 Å². The topological polar surface area (TPSA) is 69.6 Å². The number of hydrogen-bond acceptors (Lipinski definition) is 3. The summed E-state index contributed by atoms with van der Waals surface area (Å²) in [6, 6.07) is -0.661. The highest BCUT2D eigenvalue weighted by atomic mass is 16.3. The quantitative estimate of drug-likeness (QED) is 0.0757. The zero-order chi connectivity index (χ0) is 28.7. The number of hydrogen-bond donors (Lipinski definition) is 3. The molecule has 0 heterocycles. The maximum absolute atomic E-state index is 12.2. The van der Waals surface area contributed by atoms with Crippen molar-refractivity contribution in [2.75, 3.05) is 6.61 Å². The van der Waals surface area contributed by atoms with Crippen LogP contribution < -0.4 is 5.32 Å². The Labute approximate surface area is 240 Å². The van der Waals surface area contributed by atoms with Crippen LogP contribution in [0.1, 0.15) is 123 Å². The molecule has 1 amide bonds. The van der Waals surface area contributed by atoms with Crippen molar-refractivity contribution in [2.24, 2.45) is 0 Å². The Balaban J connectivity index is 3.86. The van der Waals surface area contributed by atoms with E-state index in [1.807, 2.05) is 6.08 Å². The second-order valence-corrected chi connectivity index (χ2v) is 10.1. The Morgan fingerprint density at radius 2 is 1.15 bits per heavy atom. The largest absolute Gasteiger partial charge is 0.394 e. The molecule has 0 fully saturated rings. The fraction of sp³-hybridized carbons (Fsp3) is 0.629. The molecule has 4 heteroatoms. The first-order valence-corrected chi connectivity index (χ1v) is 15.7. The summed E-state index contributed by atoms with van der Waals surface area (Å²) in [6.45, 7) is 4.10. The van der Waals surface area contributed by atoms with Gasteiger partial charge in [-0.15, -0.1) is 0 Å². The van der Waals surface area contributed by atoms with E-state index in [1.165, 1.54) is 32.1 Å². The van der Waals surface area contributed by atoms with Crippen LogP contribution >= 0.6 is 0 Å². The van der Waals surface area contributed by atoms with Gasteiger partial charge in [-0.25, -0.2) is 0 Å². The van der Waals surface area contributed by atoms with Crippen molar-refractivity contribution in [3.63, 3.8) is 0 Å². The van der Waals surface area contributed by atoms with E-state index in [4.69, 9.17) is 0 Å². The summed E-state index contributed by atoms with van der Waals surface area (Å²) in [6.07, 6.45) is 42.6. The standard InChI is InChI=1S/C35H59NO3/c1-3-5-7-9-11-13-15-17-19-20-22-24-26-28-30-34(38)33(32-37)36-35(39)31-29-27-25-23-21-18-16-14-12-10-8-6-4-2/h6,8,12-15,18,20-22,28,30,33-34,37-38H,3-5,7,9-11,16-17,19,23-27,29,31-32H2,1-2H3,(H,36,39)/b8-6-,14-12-,15-13+,21-18-,22-20+,30-28+. The number of amides is 1.